The van der Waals surface area contributed by atoms with Gasteiger partial charge in [0.15, 0.2) is 5.78 Å². The Hall–Kier alpha value is -1.99. The Kier molecular flexibility index (Phi) is 8.22. The molecule has 1 saturated carbocycles. The summed E-state index contributed by atoms with van der Waals surface area (Å²) in [5, 5.41) is 3.55. The number of carbonyl (C=O) groups excluding carboxylic acids is 3. The van der Waals surface area contributed by atoms with Crippen LogP contribution in [-0.2, 0) is 22.4 Å². The molecule has 0 spiro atoms. The summed E-state index contributed by atoms with van der Waals surface area (Å²) in [5.41, 5.74) is 2.61. The van der Waals surface area contributed by atoms with Crippen molar-refractivity contribution in [3.63, 3.8) is 0 Å². The van der Waals surface area contributed by atoms with Crippen molar-refractivity contribution < 1.29 is 14.4 Å². The number of hydrogen-bond donors (Lipinski definition) is 1. The van der Waals surface area contributed by atoms with Gasteiger partial charge in [0.25, 0.3) is 0 Å². The number of thiazole rings is 1. The number of nitrogens with zero attached hydrogens (tertiary/aromatic N) is 1. The first-order valence-electron chi connectivity index (χ1n) is 10.4. The maximum Gasteiger partial charge on any atom is 0.216 e. The lowest BCUT2D eigenvalue weighted by molar-refractivity contribution is -0.119. The van der Waals surface area contributed by atoms with E-state index in [-0.39, 0.29) is 36.2 Å². The molecule has 2 aromatic rings. The van der Waals surface area contributed by atoms with Crippen molar-refractivity contribution >= 4 is 40.6 Å². The summed E-state index contributed by atoms with van der Waals surface area (Å²) in [6.07, 6.45) is 6.48. The van der Waals surface area contributed by atoms with Crippen LogP contribution in [0.3, 0.4) is 0 Å². The quantitative estimate of drug-likeness (QED) is 0.334. The summed E-state index contributed by atoms with van der Waals surface area (Å²) in [4.78, 5) is 41.0. The predicted molar refractivity (Wildman–Crippen MR) is 121 cm³/mol. The molecular formula is C23H28N2O3S2. The molecule has 1 amide bonds. The second kappa shape index (κ2) is 10.9. The molecule has 0 unspecified atom stereocenters. The van der Waals surface area contributed by atoms with Gasteiger partial charge in [0.05, 0.1) is 16.8 Å². The van der Waals surface area contributed by atoms with Crippen LogP contribution in [0.2, 0.25) is 0 Å². The van der Waals surface area contributed by atoms with Gasteiger partial charge < -0.3 is 5.32 Å². The Labute approximate surface area is 186 Å². The third-order valence-electron chi connectivity index (χ3n) is 5.25. The minimum atomic E-state index is -0.0342. The van der Waals surface area contributed by atoms with E-state index in [1.165, 1.54) is 18.3 Å². The van der Waals surface area contributed by atoms with Crippen molar-refractivity contribution in [2.24, 2.45) is 5.92 Å². The number of thioether (sulfide) groups is 1. The van der Waals surface area contributed by atoms with Crippen molar-refractivity contribution in [1.29, 1.82) is 0 Å². The van der Waals surface area contributed by atoms with Gasteiger partial charge in [-0.25, -0.2) is 4.98 Å². The van der Waals surface area contributed by atoms with Crippen molar-refractivity contribution in [2.45, 2.75) is 56.6 Å². The molecule has 1 fully saturated rings. The normalized spacial score (nSPS) is 14.1. The van der Waals surface area contributed by atoms with Gasteiger partial charge in [0, 0.05) is 37.1 Å². The van der Waals surface area contributed by atoms with E-state index in [4.69, 9.17) is 0 Å². The number of aryl methyl sites for hydroxylation is 1. The van der Waals surface area contributed by atoms with Crippen LogP contribution in [-0.4, -0.2) is 34.8 Å². The lowest BCUT2D eigenvalue weighted by Crippen LogP contribution is -2.22. The standard InChI is InChI=1S/C23H28N2O3S2/c1-15-7-8-18(20(11-15)23(28)17-5-3-4-6-17)12-19(27)13-21-25-14-22(30-21)29-10-9-24-16(2)26/h7-8,11,14,17H,3-6,9-10,12-13H2,1-2H3,(H,24,26). The maximum atomic E-state index is 13.0. The molecule has 5 nitrogen and oxygen atoms in total. The molecule has 0 atom stereocenters. The fraction of sp³-hybridized carbons (Fsp3) is 0.478. The lowest BCUT2D eigenvalue weighted by atomic mass is 9.90. The smallest absolute Gasteiger partial charge is 0.216 e. The van der Waals surface area contributed by atoms with Gasteiger partial charge in [-0.3, -0.25) is 14.4 Å². The molecule has 1 heterocycles. The van der Waals surface area contributed by atoms with Gasteiger partial charge in [-0.05, 0) is 31.4 Å². The second-order valence-electron chi connectivity index (χ2n) is 7.80. The SMILES string of the molecule is CC(=O)NCCSc1cnc(CC(=O)Cc2ccc(C)cc2C(=O)C2CCCC2)s1. The van der Waals surface area contributed by atoms with Gasteiger partial charge in [0.1, 0.15) is 10.8 Å². The molecule has 7 heteroatoms. The Bertz CT molecular complexity index is 917. The van der Waals surface area contributed by atoms with Gasteiger partial charge >= 0.3 is 0 Å². The predicted octanol–water partition coefficient (Wildman–Crippen LogP) is 4.41. The van der Waals surface area contributed by atoms with Crippen LogP contribution in [0.15, 0.2) is 28.6 Å². The largest absolute Gasteiger partial charge is 0.356 e. The summed E-state index contributed by atoms with van der Waals surface area (Å²) >= 11 is 3.14. The summed E-state index contributed by atoms with van der Waals surface area (Å²) in [7, 11) is 0. The molecule has 1 aromatic heterocycles. The number of aromatic nitrogens is 1. The Balaban J connectivity index is 1.58. The van der Waals surface area contributed by atoms with Crippen molar-refractivity contribution in [2.75, 3.05) is 12.3 Å². The first-order chi connectivity index (χ1) is 14.4. The average molecular weight is 445 g/mol. The molecule has 0 aliphatic heterocycles. The van der Waals surface area contributed by atoms with Crippen LogP contribution >= 0.6 is 23.1 Å². The Morgan fingerprint density at radius 3 is 2.70 bits per heavy atom. The van der Waals surface area contributed by atoms with Crippen molar-refractivity contribution in [1.82, 2.24) is 10.3 Å². The fourth-order valence-corrected chi connectivity index (χ4v) is 5.73. The van der Waals surface area contributed by atoms with Crippen LogP contribution in [0, 0.1) is 12.8 Å². The number of carbonyl (C=O) groups is 3. The van der Waals surface area contributed by atoms with Crippen molar-refractivity contribution in [3.05, 3.63) is 46.1 Å². The zero-order valence-corrected chi connectivity index (χ0v) is 19.2. The van der Waals surface area contributed by atoms with E-state index < -0.39 is 0 Å². The molecule has 1 aliphatic rings. The van der Waals surface area contributed by atoms with Gasteiger partial charge in [-0.2, -0.15) is 0 Å². The van der Waals surface area contributed by atoms with Gasteiger partial charge in [-0.15, -0.1) is 23.1 Å². The highest BCUT2D eigenvalue weighted by Gasteiger charge is 2.26. The number of ketones is 2. The highest BCUT2D eigenvalue weighted by atomic mass is 32.2. The molecule has 0 radical (unpaired) electrons. The lowest BCUT2D eigenvalue weighted by Gasteiger charge is -2.13. The molecule has 1 aromatic carbocycles. The highest BCUT2D eigenvalue weighted by molar-refractivity contribution is 8.01. The van der Waals surface area contributed by atoms with Crippen molar-refractivity contribution in [3.8, 4) is 0 Å². The first kappa shape index (κ1) is 22.7. The van der Waals surface area contributed by atoms with Crippen LogP contribution in [0.5, 0.6) is 0 Å². The van der Waals surface area contributed by atoms with Crippen LogP contribution in [0.1, 0.15) is 59.1 Å². The molecule has 0 bridgehead atoms. The molecule has 3 rings (SSSR count). The van der Waals surface area contributed by atoms with E-state index in [2.05, 4.69) is 10.3 Å². The third-order valence-corrected chi connectivity index (χ3v) is 7.44. The zero-order valence-electron chi connectivity index (χ0n) is 17.5. The van der Waals surface area contributed by atoms with E-state index in [0.717, 1.165) is 57.3 Å². The molecule has 30 heavy (non-hydrogen) atoms. The molecule has 1 N–H and O–H groups in total. The number of benzene rings is 1. The first-order valence-corrected chi connectivity index (χ1v) is 12.2. The van der Waals surface area contributed by atoms with E-state index >= 15 is 0 Å². The topological polar surface area (TPSA) is 76.1 Å². The number of Topliss-reactive ketones (excluding diaryl/α,β-unsaturated/α-hetero) is 2. The summed E-state index contributed by atoms with van der Waals surface area (Å²) < 4.78 is 1.04. The maximum absolute atomic E-state index is 13.0. The van der Waals surface area contributed by atoms with E-state index in [0.29, 0.717) is 6.54 Å². The third kappa shape index (κ3) is 6.51. The number of amides is 1. The molecule has 0 saturated heterocycles. The summed E-state index contributed by atoms with van der Waals surface area (Å²) in [6.45, 7) is 4.09. The Morgan fingerprint density at radius 1 is 1.20 bits per heavy atom. The van der Waals surface area contributed by atoms with E-state index in [1.54, 1.807) is 18.0 Å². The van der Waals surface area contributed by atoms with Crippen LogP contribution in [0.4, 0.5) is 0 Å². The minimum absolute atomic E-state index is 0.0342. The Morgan fingerprint density at radius 2 is 1.97 bits per heavy atom. The second-order valence-corrected chi connectivity index (χ2v) is 10.3. The van der Waals surface area contributed by atoms with E-state index in [1.807, 2.05) is 25.1 Å². The van der Waals surface area contributed by atoms with Crippen LogP contribution < -0.4 is 5.32 Å². The molecule has 160 valence electrons. The number of rotatable bonds is 10. The monoisotopic (exact) mass is 444 g/mol. The summed E-state index contributed by atoms with van der Waals surface area (Å²) in [5.74, 6) is 1.12. The molecular weight excluding hydrogens is 416 g/mol. The number of hydrogen-bond acceptors (Lipinski definition) is 6. The van der Waals surface area contributed by atoms with Gasteiger partial charge in [-0.1, -0.05) is 30.5 Å². The van der Waals surface area contributed by atoms with Gasteiger partial charge in [0.2, 0.25) is 5.91 Å². The molecule has 1 aliphatic carbocycles. The highest BCUT2D eigenvalue weighted by Crippen LogP contribution is 2.30. The average Bonchev–Trinajstić information content (AvgIpc) is 3.38. The minimum Gasteiger partial charge on any atom is -0.356 e. The van der Waals surface area contributed by atoms with E-state index in [9.17, 15) is 14.4 Å². The summed E-state index contributed by atoms with van der Waals surface area (Å²) in [6, 6.07) is 5.85. The number of nitrogens with one attached hydrogen (secondary N) is 1. The van der Waals surface area contributed by atoms with Crippen LogP contribution in [0.25, 0.3) is 0 Å². The zero-order chi connectivity index (χ0) is 21.5. The fourth-order valence-electron chi connectivity index (χ4n) is 3.75.